The van der Waals surface area contributed by atoms with E-state index in [0.717, 1.165) is 0 Å². The first-order valence-electron chi connectivity index (χ1n) is 8.58. The average molecular weight is 408 g/mol. The molecule has 1 saturated heterocycles. The van der Waals surface area contributed by atoms with Crippen LogP contribution in [0, 0.1) is 0 Å². The Labute approximate surface area is 159 Å². The van der Waals surface area contributed by atoms with Gasteiger partial charge in [-0.3, -0.25) is 14.4 Å². The Balaban J connectivity index is 2.50. The van der Waals surface area contributed by atoms with Crippen LogP contribution in [0.1, 0.15) is 47.0 Å². The average Bonchev–Trinajstić information content (AvgIpc) is 2.85. The van der Waals surface area contributed by atoms with E-state index in [0.29, 0.717) is 18.0 Å². The van der Waals surface area contributed by atoms with Crippen LogP contribution in [0.15, 0.2) is 0 Å². The third-order valence-corrected chi connectivity index (χ3v) is 6.65. The van der Waals surface area contributed by atoms with Gasteiger partial charge in [0.25, 0.3) is 11.8 Å². The first kappa shape index (κ1) is 23.3. The summed E-state index contributed by atoms with van der Waals surface area (Å²) in [6.07, 6.45) is -0.830. The number of sulfone groups is 1. The summed E-state index contributed by atoms with van der Waals surface area (Å²) in [5.74, 6) is -1.76. The second-order valence-corrected chi connectivity index (χ2v) is 10.2. The van der Waals surface area contributed by atoms with Crippen LogP contribution in [0.5, 0.6) is 0 Å². The molecule has 0 unspecified atom stereocenters. The molecule has 1 heterocycles. The molecule has 2 N–H and O–H groups in total. The molecule has 1 fully saturated rings. The molecule has 0 aromatic carbocycles. The number of hydrogen-bond acceptors (Lipinski definition) is 9. The molecule has 10 nitrogen and oxygen atoms in total. The van der Waals surface area contributed by atoms with Crippen molar-refractivity contribution in [2.24, 2.45) is 5.73 Å². The number of rotatable bonds is 10. The Hall–Kier alpha value is -1.72. The van der Waals surface area contributed by atoms with Gasteiger partial charge < -0.3 is 15.2 Å². The largest absolute Gasteiger partial charge is 0.533 e. The lowest BCUT2D eigenvalue weighted by atomic mass is 10.1. The molecule has 1 aliphatic heterocycles. The molecular weight excluding hydrogens is 380 g/mol. The molecule has 0 spiro atoms. The normalized spacial score (nSPS) is 16.0. The number of nitrogens with zero attached hydrogens (tertiary/aromatic N) is 1. The Morgan fingerprint density at radius 2 is 1.70 bits per heavy atom. The van der Waals surface area contributed by atoms with Gasteiger partial charge >= 0.3 is 6.16 Å². The van der Waals surface area contributed by atoms with Crippen LogP contribution >= 0.6 is 0 Å². The van der Waals surface area contributed by atoms with Crippen LogP contribution < -0.4 is 5.73 Å². The van der Waals surface area contributed by atoms with Gasteiger partial charge in [0.2, 0.25) is 0 Å². The highest BCUT2D eigenvalue weighted by molar-refractivity contribution is 7.92. The lowest BCUT2D eigenvalue weighted by Crippen LogP contribution is -2.43. The van der Waals surface area contributed by atoms with Crippen LogP contribution in [-0.2, 0) is 33.7 Å². The first-order valence-corrected chi connectivity index (χ1v) is 10.2. The van der Waals surface area contributed by atoms with Gasteiger partial charge in [0.15, 0.2) is 9.84 Å². The van der Waals surface area contributed by atoms with Crippen molar-refractivity contribution in [3.05, 3.63) is 0 Å². The summed E-state index contributed by atoms with van der Waals surface area (Å²) in [5, 5.41) is 0.328. The summed E-state index contributed by atoms with van der Waals surface area (Å²) in [4.78, 5) is 38.7. The fourth-order valence-electron chi connectivity index (χ4n) is 2.15. The third-order valence-electron chi connectivity index (χ3n) is 4.14. The van der Waals surface area contributed by atoms with E-state index in [-0.39, 0.29) is 19.4 Å². The second kappa shape index (κ2) is 8.98. The summed E-state index contributed by atoms with van der Waals surface area (Å²) in [5.41, 5.74) is 4.95. The zero-order valence-corrected chi connectivity index (χ0v) is 17.0. The fourth-order valence-corrected chi connectivity index (χ4v) is 3.24. The number of nitrogens with two attached hydrogens (primary N) is 1. The lowest BCUT2D eigenvalue weighted by molar-refractivity contribution is -0.176. The van der Waals surface area contributed by atoms with Gasteiger partial charge in [-0.25, -0.2) is 13.2 Å². The Morgan fingerprint density at radius 3 is 2.22 bits per heavy atom. The summed E-state index contributed by atoms with van der Waals surface area (Å²) in [6.45, 7) is 6.56. The predicted molar refractivity (Wildman–Crippen MR) is 95.1 cm³/mol. The molecule has 0 bridgehead atoms. The van der Waals surface area contributed by atoms with Crippen molar-refractivity contribution in [2.45, 2.75) is 57.3 Å². The van der Waals surface area contributed by atoms with E-state index in [1.54, 1.807) is 0 Å². The second-order valence-electron chi connectivity index (χ2n) is 7.44. The van der Waals surface area contributed by atoms with Crippen LogP contribution in [0.4, 0.5) is 4.79 Å². The molecule has 0 aromatic rings. The third kappa shape index (κ3) is 6.74. The van der Waals surface area contributed by atoms with Crippen molar-refractivity contribution in [2.75, 3.05) is 25.5 Å². The van der Waals surface area contributed by atoms with Gasteiger partial charge in [0, 0.05) is 12.8 Å². The molecule has 0 aromatic heterocycles. The van der Waals surface area contributed by atoms with Gasteiger partial charge in [-0.15, -0.1) is 0 Å². The minimum atomic E-state index is -3.68. The van der Waals surface area contributed by atoms with Crippen LogP contribution in [0.2, 0.25) is 0 Å². The molecule has 156 valence electrons. The minimum Gasteiger partial charge on any atom is -0.432 e. The van der Waals surface area contributed by atoms with Crippen molar-refractivity contribution in [3.63, 3.8) is 0 Å². The maximum Gasteiger partial charge on any atom is 0.533 e. The fraction of sp³-hybridized carbons (Fsp3) is 0.812. The van der Waals surface area contributed by atoms with Gasteiger partial charge in [-0.05, 0) is 40.7 Å². The number of imide groups is 1. The number of ether oxygens (including phenoxy) is 2. The van der Waals surface area contributed by atoms with Gasteiger partial charge in [-0.2, -0.15) is 0 Å². The van der Waals surface area contributed by atoms with E-state index >= 15 is 0 Å². The van der Waals surface area contributed by atoms with Crippen molar-refractivity contribution in [1.82, 2.24) is 5.06 Å². The molecule has 0 radical (unpaired) electrons. The van der Waals surface area contributed by atoms with E-state index < -0.39 is 50.5 Å². The zero-order valence-electron chi connectivity index (χ0n) is 16.1. The minimum absolute atomic E-state index is 0.0464. The number of hydroxylamine groups is 2. The van der Waals surface area contributed by atoms with Gasteiger partial charge in [-0.1, -0.05) is 5.06 Å². The van der Waals surface area contributed by atoms with Crippen LogP contribution in [-0.4, -0.2) is 67.3 Å². The highest BCUT2D eigenvalue weighted by atomic mass is 32.2. The van der Waals surface area contributed by atoms with Gasteiger partial charge in [0.05, 0.1) is 22.7 Å². The zero-order chi connectivity index (χ0) is 20.9. The van der Waals surface area contributed by atoms with Crippen LogP contribution in [0.3, 0.4) is 0 Å². The van der Waals surface area contributed by atoms with Crippen molar-refractivity contribution < 1.29 is 37.1 Å². The quantitative estimate of drug-likeness (QED) is 0.405. The first-order chi connectivity index (χ1) is 12.3. The summed E-state index contributed by atoms with van der Waals surface area (Å²) in [6, 6.07) is 0. The van der Waals surface area contributed by atoms with E-state index in [1.165, 1.54) is 13.8 Å². The Morgan fingerprint density at radius 1 is 1.15 bits per heavy atom. The molecule has 1 rings (SSSR count). The maximum atomic E-state index is 12.5. The molecule has 0 aliphatic carbocycles. The molecule has 0 saturated carbocycles. The molecule has 2 amide bonds. The van der Waals surface area contributed by atoms with Crippen molar-refractivity contribution >= 4 is 27.8 Å². The number of carbonyl (C=O) groups excluding carboxylic acids is 3. The highest BCUT2D eigenvalue weighted by Gasteiger charge is 2.37. The maximum absolute atomic E-state index is 12.5. The van der Waals surface area contributed by atoms with E-state index in [2.05, 4.69) is 9.57 Å². The highest BCUT2D eigenvalue weighted by Crippen LogP contribution is 2.23. The van der Waals surface area contributed by atoms with E-state index in [9.17, 15) is 22.8 Å². The topological polar surface area (TPSA) is 142 Å². The number of hydrogen-bond donors (Lipinski definition) is 1. The Kier molecular flexibility index (Phi) is 7.76. The molecule has 1 aliphatic rings. The summed E-state index contributed by atoms with van der Waals surface area (Å²) >= 11 is 0. The molecule has 0 atom stereocenters. The standard InChI is InChI=1S/C16H28N2O8S/c1-15(2,7-8-17)25-11-16(3,4)27(22,23)10-9-24-14(21)26-18-12(19)5-6-13(18)20/h5-11,17H2,1-4H3. The number of carbonyl (C=O) groups is 3. The van der Waals surface area contributed by atoms with E-state index in [4.69, 9.17) is 10.5 Å². The Bertz CT molecular complexity index is 656. The molecule has 11 heteroatoms. The summed E-state index contributed by atoms with van der Waals surface area (Å²) in [7, 11) is -3.68. The van der Waals surface area contributed by atoms with Crippen molar-refractivity contribution in [1.29, 1.82) is 0 Å². The lowest BCUT2D eigenvalue weighted by Gasteiger charge is -2.31. The summed E-state index contributed by atoms with van der Waals surface area (Å²) < 4.78 is 34.1. The molecule has 27 heavy (non-hydrogen) atoms. The predicted octanol–water partition coefficient (Wildman–Crippen LogP) is 0.541. The smallest absolute Gasteiger partial charge is 0.432 e. The monoisotopic (exact) mass is 408 g/mol. The van der Waals surface area contributed by atoms with Gasteiger partial charge in [0.1, 0.15) is 6.61 Å². The SMILES string of the molecule is CC(C)(CCN)OCC(C)(C)S(=O)(=O)CCOC(=O)ON1C(=O)CCC1=O. The molecular formula is C16H28N2O8S. The van der Waals surface area contributed by atoms with E-state index in [1.807, 2.05) is 13.8 Å². The number of amides is 2. The van der Waals surface area contributed by atoms with Crippen LogP contribution in [0.25, 0.3) is 0 Å². The van der Waals surface area contributed by atoms with Crippen molar-refractivity contribution in [3.8, 4) is 0 Å².